The van der Waals surface area contributed by atoms with Crippen LogP contribution in [0.1, 0.15) is 18.8 Å². The molecule has 0 aliphatic carbocycles. The van der Waals surface area contributed by atoms with Crippen molar-refractivity contribution < 1.29 is 4.79 Å². The molecule has 0 saturated heterocycles. The van der Waals surface area contributed by atoms with Crippen molar-refractivity contribution in [2.24, 2.45) is 0 Å². The Morgan fingerprint density at radius 3 is 3.00 bits per heavy atom. The fraction of sp³-hybridized carbons (Fsp3) is 0.333. The molecule has 0 fully saturated rings. The summed E-state index contributed by atoms with van der Waals surface area (Å²) in [6, 6.07) is 0.719. The van der Waals surface area contributed by atoms with Crippen molar-refractivity contribution in [2.75, 3.05) is 12.3 Å². The van der Waals surface area contributed by atoms with Crippen LogP contribution in [0, 0.1) is 0 Å². The molecule has 1 atom stereocenters. The van der Waals surface area contributed by atoms with Crippen LogP contribution in [0.5, 0.6) is 0 Å². The third-order valence-corrected chi connectivity index (χ3v) is 3.01. The quantitative estimate of drug-likeness (QED) is 0.725. The highest BCUT2D eigenvalue weighted by Gasteiger charge is 2.15. The topological polar surface area (TPSA) is 119 Å². The molecule has 112 valence electrons. The molecule has 2 rings (SSSR count). The predicted molar refractivity (Wildman–Crippen MR) is 77.9 cm³/mol. The zero-order valence-corrected chi connectivity index (χ0v) is 12.1. The van der Waals surface area contributed by atoms with Gasteiger partial charge in [-0.15, -0.1) is 0 Å². The van der Waals surface area contributed by atoms with Crippen LogP contribution in [0.3, 0.4) is 0 Å². The highest BCUT2D eigenvalue weighted by atomic mass is 35.5. The minimum atomic E-state index is -0.481. The van der Waals surface area contributed by atoms with Crippen LogP contribution in [0.25, 0.3) is 0 Å². The van der Waals surface area contributed by atoms with Gasteiger partial charge in [-0.2, -0.15) is 5.10 Å². The van der Waals surface area contributed by atoms with Gasteiger partial charge in [-0.1, -0.05) is 11.6 Å². The summed E-state index contributed by atoms with van der Waals surface area (Å²) < 4.78 is 1.47. The first-order valence-electron chi connectivity index (χ1n) is 6.29. The largest absolute Gasteiger partial charge is 0.383 e. The highest BCUT2D eigenvalue weighted by molar-refractivity contribution is 6.30. The minimum absolute atomic E-state index is 0.152. The van der Waals surface area contributed by atoms with E-state index in [0.29, 0.717) is 23.8 Å². The summed E-state index contributed by atoms with van der Waals surface area (Å²) in [7, 11) is 0. The predicted octanol–water partition coefficient (Wildman–Crippen LogP) is 0.122. The number of amides is 1. The summed E-state index contributed by atoms with van der Waals surface area (Å²) in [6.07, 6.45) is 3.41. The summed E-state index contributed by atoms with van der Waals surface area (Å²) in [4.78, 5) is 29.7. The Hall–Kier alpha value is -2.35. The molecule has 4 N–H and O–H groups in total. The maximum Gasteiger partial charge on any atom is 0.252 e. The number of anilines is 1. The van der Waals surface area contributed by atoms with Crippen LogP contribution in [0.2, 0.25) is 5.02 Å². The van der Waals surface area contributed by atoms with E-state index in [4.69, 9.17) is 17.3 Å². The second-order valence-electron chi connectivity index (χ2n) is 4.47. The number of nitrogens with one attached hydrogen (secondary N) is 2. The standard InChI is InChI=1S/C12H15ClN6O2/c1-7(19-6-8(13)5-16-19)12(21)15-3-2-10-17-9(14)4-11(20)18-10/h4-7H,2-3H2,1H3,(H,15,21)(H3,14,17,18,20)/t7-/m0/s1. The number of nitrogens with zero attached hydrogens (tertiary/aromatic N) is 3. The van der Waals surface area contributed by atoms with Crippen LogP contribution < -0.4 is 16.6 Å². The fourth-order valence-electron chi connectivity index (χ4n) is 1.75. The maximum atomic E-state index is 11.9. The van der Waals surface area contributed by atoms with E-state index in [9.17, 15) is 9.59 Å². The van der Waals surface area contributed by atoms with E-state index in [2.05, 4.69) is 20.4 Å². The lowest BCUT2D eigenvalue weighted by molar-refractivity contribution is -0.124. The van der Waals surface area contributed by atoms with Crippen molar-refractivity contribution in [3.8, 4) is 0 Å². The Morgan fingerprint density at radius 1 is 1.62 bits per heavy atom. The molecule has 2 aromatic heterocycles. The minimum Gasteiger partial charge on any atom is -0.383 e. The number of nitrogens with two attached hydrogens (primary N) is 1. The SMILES string of the molecule is C[C@@H](C(=O)NCCc1nc(N)cc(=O)[nH]1)n1cc(Cl)cn1. The molecule has 0 aliphatic rings. The molecule has 0 aliphatic heterocycles. The maximum absolute atomic E-state index is 11.9. The van der Waals surface area contributed by atoms with Gasteiger partial charge in [-0.3, -0.25) is 14.3 Å². The van der Waals surface area contributed by atoms with Crippen LogP contribution in [0.15, 0.2) is 23.3 Å². The molecule has 0 unspecified atom stereocenters. The van der Waals surface area contributed by atoms with Gasteiger partial charge in [0.25, 0.3) is 5.56 Å². The lowest BCUT2D eigenvalue weighted by atomic mass is 10.3. The van der Waals surface area contributed by atoms with E-state index in [1.54, 1.807) is 13.1 Å². The van der Waals surface area contributed by atoms with Crippen LogP contribution in [-0.2, 0) is 11.2 Å². The second-order valence-corrected chi connectivity index (χ2v) is 4.91. The average molecular weight is 311 g/mol. The molecule has 2 heterocycles. The number of hydrogen-bond acceptors (Lipinski definition) is 5. The second kappa shape index (κ2) is 6.40. The van der Waals surface area contributed by atoms with Crippen LogP contribution >= 0.6 is 11.6 Å². The Morgan fingerprint density at radius 2 is 2.38 bits per heavy atom. The Bertz CT molecular complexity index is 695. The molecular formula is C12H15ClN6O2. The van der Waals surface area contributed by atoms with Gasteiger partial charge in [0.05, 0.1) is 11.2 Å². The van der Waals surface area contributed by atoms with Crippen molar-refractivity contribution in [2.45, 2.75) is 19.4 Å². The molecule has 0 aromatic carbocycles. The van der Waals surface area contributed by atoms with Crippen LogP contribution in [0.4, 0.5) is 5.82 Å². The number of H-pyrrole nitrogens is 1. The normalized spacial score (nSPS) is 12.1. The Kier molecular flexibility index (Phi) is 4.59. The van der Waals surface area contributed by atoms with Crippen LogP contribution in [-0.4, -0.2) is 32.2 Å². The lowest BCUT2D eigenvalue weighted by Gasteiger charge is -2.12. The summed E-state index contributed by atoms with van der Waals surface area (Å²) in [5.41, 5.74) is 5.16. The fourth-order valence-corrected chi connectivity index (χ4v) is 1.89. The number of hydrogen-bond donors (Lipinski definition) is 3. The smallest absolute Gasteiger partial charge is 0.252 e. The van der Waals surface area contributed by atoms with E-state index in [1.807, 2.05) is 0 Å². The Labute approximate surface area is 125 Å². The van der Waals surface area contributed by atoms with Crippen molar-refractivity contribution in [3.63, 3.8) is 0 Å². The van der Waals surface area contributed by atoms with Gasteiger partial charge in [-0.25, -0.2) is 4.98 Å². The third-order valence-electron chi connectivity index (χ3n) is 2.82. The van der Waals surface area contributed by atoms with Crippen molar-refractivity contribution >= 4 is 23.3 Å². The molecular weight excluding hydrogens is 296 g/mol. The number of aromatic nitrogens is 4. The van der Waals surface area contributed by atoms with Gasteiger partial charge in [-0.05, 0) is 6.92 Å². The van der Waals surface area contributed by atoms with Gasteiger partial charge in [0, 0.05) is 25.2 Å². The van der Waals surface area contributed by atoms with Crippen molar-refractivity contribution in [1.29, 1.82) is 0 Å². The number of rotatable bonds is 5. The van der Waals surface area contributed by atoms with Gasteiger partial charge >= 0.3 is 0 Å². The zero-order chi connectivity index (χ0) is 15.4. The molecule has 2 aromatic rings. The number of halogens is 1. The molecule has 0 bridgehead atoms. The van der Waals surface area contributed by atoms with E-state index in [0.717, 1.165) is 0 Å². The number of carbonyl (C=O) groups excluding carboxylic acids is 1. The monoisotopic (exact) mass is 310 g/mol. The first kappa shape index (κ1) is 15.0. The van der Waals surface area contributed by atoms with E-state index in [-0.39, 0.29) is 17.3 Å². The number of aromatic amines is 1. The number of nitrogen functional groups attached to an aromatic ring is 1. The summed E-state index contributed by atoms with van der Waals surface area (Å²) in [6.45, 7) is 2.03. The number of carbonyl (C=O) groups is 1. The Balaban J connectivity index is 1.88. The highest BCUT2D eigenvalue weighted by Crippen LogP contribution is 2.10. The summed E-state index contributed by atoms with van der Waals surface area (Å²) in [5.74, 6) is 0.371. The zero-order valence-electron chi connectivity index (χ0n) is 11.3. The molecule has 9 heteroatoms. The molecule has 0 spiro atoms. The summed E-state index contributed by atoms with van der Waals surface area (Å²) in [5, 5.41) is 7.17. The van der Waals surface area contributed by atoms with Crippen molar-refractivity contribution in [3.05, 3.63) is 39.7 Å². The molecule has 8 nitrogen and oxygen atoms in total. The third kappa shape index (κ3) is 4.06. The van der Waals surface area contributed by atoms with E-state index >= 15 is 0 Å². The first-order valence-corrected chi connectivity index (χ1v) is 6.66. The molecule has 21 heavy (non-hydrogen) atoms. The first-order chi connectivity index (χ1) is 9.95. The van der Waals surface area contributed by atoms with Crippen molar-refractivity contribution in [1.82, 2.24) is 25.1 Å². The van der Waals surface area contributed by atoms with E-state index in [1.165, 1.54) is 16.9 Å². The van der Waals surface area contributed by atoms with Gasteiger partial charge < -0.3 is 16.0 Å². The summed E-state index contributed by atoms with van der Waals surface area (Å²) >= 11 is 5.75. The van der Waals surface area contributed by atoms with Gasteiger partial charge in [0.15, 0.2) is 0 Å². The average Bonchev–Trinajstić information content (AvgIpc) is 2.83. The molecule has 0 radical (unpaired) electrons. The molecule has 0 saturated carbocycles. The molecule has 1 amide bonds. The van der Waals surface area contributed by atoms with Gasteiger partial charge in [0.1, 0.15) is 17.7 Å². The lowest BCUT2D eigenvalue weighted by Crippen LogP contribution is -2.33. The van der Waals surface area contributed by atoms with E-state index < -0.39 is 6.04 Å². The van der Waals surface area contributed by atoms with Gasteiger partial charge in [0.2, 0.25) is 5.91 Å².